The van der Waals surface area contributed by atoms with E-state index in [9.17, 15) is 9.59 Å². The lowest BCUT2D eigenvalue weighted by molar-refractivity contribution is -0.123. The molecule has 0 saturated carbocycles. The van der Waals surface area contributed by atoms with Gasteiger partial charge in [0.1, 0.15) is 6.04 Å². The Bertz CT molecular complexity index is 839. The molecule has 0 aromatic heterocycles. The zero-order chi connectivity index (χ0) is 21.1. The second-order valence-corrected chi connectivity index (χ2v) is 5.96. The first-order chi connectivity index (χ1) is 14.1. The van der Waals surface area contributed by atoms with E-state index in [1.54, 1.807) is 32.2 Å². The van der Waals surface area contributed by atoms with Gasteiger partial charge in [-0.3, -0.25) is 4.79 Å². The number of ether oxygens (including phenoxy) is 3. The zero-order valence-electron chi connectivity index (χ0n) is 16.7. The summed E-state index contributed by atoms with van der Waals surface area (Å²) in [6.07, 6.45) is 1.12. The van der Waals surface area contributed by atoms with E-state index >= 15 is 0 Å². The number of alkyl carbamates (subject to hydrolysis) is 1. The Hall–Kier alpha value is -3.55. The maximum absolute atomic E-state index is 12.6. The monoisotopic (exact) mass is 399 g/mol. The summed E-state index contributed by atoms with van der Waals surface area (Å²) in [7, 11) is 3.09. The number of hydrogen-bond donors (Lipinski definition) is 2. The van der Waals surface area contributed by atoms with Crippen molar-refractivity contribution in [1.29, 1.82) is 0 Å². The second kappa shape index (κ2) is 11.3. The van der Waals surface area contributed by atoms with Crippen molar-refractivity contribution in [3.05, 3.63) is 59.7 Å². The van der Waals surface area contributed by atoms with E-state index in [4.69, 9.17) is 14.2 Å². The molecule has 154 valence electrons. The number of nitrogens with zero attached hydrogens (tertiary/aromatic N) is 1. The molecule has 0 aliphatic rings. The number of rotatable bonds is 9. The normalized spacial score (nSPS) is 11.6. The van der Waals surface area contributed by atoms with Crippen LogP contribution in [-0.4, -0.2) is 45.1 Å². The highest BCUT2D eigenvalue weighted by atomic mass is 16.5. The Morgan fingerprint density at radius 1 is 1.07 bits per heavy atom. The van der Waals surface area contributed by atoms with E-state index in [0.29, 0.717) is 23.5 Å². The summed E-state index contributed by atoms with van der Waals surface area (Å²) in [5.74, 6) is 0.683. The molecule has 2 amide bonds. The minimum Gasteiger partial charge on any atom is -0.493 e. The fourth-order valence-electron chi connectivity index (χ4n) is 2.56. The molecule has 0 fully saturated rings. The number of hydrazone groups is 1. The van der Waals surface area contributed by atoms with E-state index in [-0.39, 0.29) is 6.61 Å². The van der Waals surface area contributed by atoms with Crippen molar-refractivity contribution in [3.63, 3.8) is 0 Å². The summed E-state index contributed by atoms with van der Waals surface area (Å²) < 4.78 is 15.3. The van der Waals surface area contributed by atoms with Gasteiger partial charge in [-0.15, -0.1) is 0 Å². The Labute approximate surface area is 169 Å². The van der Waals surface area contributed by atoms with Gasteiger partial charge >= 0.3 is 6.09 Å². The van der Waals surface area contributed by atoms with Gasteiger partial charge < -0.3 is 19.5 Å². The predicted octanol–water partition coefficient (Wildman–Crippen LogP) is 2.51. The van der Waals surface area contributed by atoms with E-state index in [0.717, 1.165) is 5.56 Å². The topological polar surface area (TPSA) is 98.2 Å². The van der Waals surface area contributed by atoms with Crippen LogP contribution < -0.4 is 20.2 Å². The van der Waals surface area contributed by atoms with Gasteiger partial charge in [-0.2, -0.15) is 5.10 Å². The second-order valence-electron chi connectivity index (χ2n) is 5.96. The third-order valence-corrected chi connectivity index (χ3v) is 3.96. The predicted molar refractivity (Wildman–Crippen MR) is 109 cm³/mol. The van der Waals surface area contributed by atoms with E-state index in [1.165, 1.54) is 13.3 Å². The van der Waals surface area contributed by atoms with Crippen LogP contribution in [0.3, 0.4) is 0 Å². The van der Waals surface area contributed by atoms with Gasteiger partial charge in [0, 0.05) is 6.42 Å². The summed E-state index contributed by atoms with van der Waals surface area (Å²) in [5.41, 5.74) is 4.06. The molecule has 29 heavy (non-hydrogen) atoms. The van der Waals surface area contributed by atoms with Crippen LogP contribution in [0.1, 0.15) is 18.1 Å². The van der Waals surface area contributed by atoms with Crippen LogP contribution in [0.25, 0.3) is 0 Å². The van der Waals surface area contributed by atoms with Crippen LogP contribution in [0.5, 0.6) is 11.5 Å². The molecule has 0 spiro atoms. The first-order valence-electron chi connectivity index (χ1n) is 9.09. The van der Waals surface area contributed by atoms with Crippen LogP contribution in [0, 0.1) is 0 Å². The zero-order valence-corrected chi connectivity index (χ0v) is 16.7. The highest BCUT2D eigenvalue weighted by molar-refractivity contribution is 5.87. The quantitative estimate of drug-likeness (QED) is 0.499. The number of carbonyl (C=O) groups excluding carboxylic acids is 2. The number of amides is 2. The van der Waals surface area contributed by atoms with Crippen LogP contribution in [0.4, 0.5) is 4.79 Å². The first kappa shape index (κ1) is 21.7. The molecule has 2 rings (SSSR count). The maximum Gasteiger partial charge on any atom is 0.407 e. The molecule has 0 radical (unpaired) electrons. The molecule has 0 unspecified atom stereocenters. The lowest BCUT2D eigenvalue weighted by atomic mass is 10.1. The van der Waals surface area contributed by atoms with Gasteiger partial charge in [-0.05, 0) is 36.2 Å². The molecule has 8 heteroatoms. The smallest absolute Gasteiger partial charge is 0.407 e. The average molecular weight is 399 g/mol. The number of hydrogen-bond acceptors (Lipinski definition) is 6. The van der Waals surface area contributed by atoms with Gasteiger partial charge in [0.25, 0.3) is 5.91 Å². The minimum atomic E-state index is -0.834. The van der Waals surface area contributed by atoms with Crippen molar-refractivity contribution in [1.82, 2.24) is 10.7 Å². The fraction of sp³-hybridized carbons (Fsp3) is 0.286. The van der Waals surface area contributed by atoms with E-state index in [2.05, 4.69) is 15.8 Å². The molecule has 8 nitrogen and oxygen atoms in total. The minimum absolute atomic E-state index is 0.211. The van der Waals surface area contributed by atoms with Crippen LogP contribution in [0.15, 0.2) is 53.6 Å². The van der Waals surface area contributed by atoms with E-state index in [1.807, 2.05) is 30.3 Å². The third-order valence-electron chi connectivity index (χ3n) is 3.96. The Balaban J connectivity index is 2.06. The lowest BCUT2D eigenvalue weighted by Crippen LogP contribution is -2.47. The van der Waals surface area contributed by atoms with Crippen molar-refractivity contribution in [3.8, 4) is 11.5 Å². The van der Waals surface area contributed by atoms with Gasteiger partial charge in [0.05, 0.1) is 27.0 Å². The summed E-state index contributed by atoms with van der Waals surface area (Å²) >= 11 is 0. The van der Waals surface area contributed by atoms with Crippen LogP contribution >= 0.6 is 0 Å². The molecule has 0 aliphatic carbocycles. The number of benzene rings is 2. The number of nitrogens with one attached hydrogen (secondary N) is 2. The number of methoxy groups -OCH3 is 2. The molecule has 2 aromatic rings. The molecular weight excluding hydrogens is 374 g/mol. The van der Waals surface area contributed by atoms with Crippen LogP contribution in [0.2, 0.25) is 0 Å². The summed E-state index contributed by atoms with van der Waals surface area (Å²) in [6.45, 7) is 1.90. The van der Waals surface area contributed by atoms with Crippen molar-refractivity contribution in [2.24, 2.45) is 5.10 Å². The molecule has 0 bridgehead atoms. The molecule has 1 atom stereocenters. The Morgan fingerprint density at radius 2 is 1.79 bits per heavy atom. The third kappa shape index (κ3) is 6.84. The van der Waals surface area contributed by atoms with Gasteiger partial charge in [-0.25, -0.2) is 10.2 Å². The van der Waals surface area contributed by atoms with Gasteiger partial charge in [-0.1, -0.05) is 30.3 Å². The highest BCUT2D eigenvalue weighted by Gasteiger charge is 2.21. The standard InChI is InChI=1S/C21H25N3O5/c1-4-29-21(26)23-17(12-15-8-6-5-7-9-15)20(25)24-22-14-16-10-11-18(27-2)19(13-16)28-3/h5-11,13-14,17H,4,12H2,1-3H3,(H,23,26)(H,24,25)/b22-14-/t17-/m1/s1. The summed E-state index contributed by atoms with van der Waals surface area (Å²) in [6, 6.07) is 13.8. The Morgan fingerprint density at radius 3 is 2.45 bits per heavy atom. The largest absolute Gasteiger partial charge is 0.493 e. The SMILES string of the molecule is CCOC(=O)N[C@H](Cc1ccccc1)C(=O)N/N=C\c1ccc(OC)c(OC)c1. The average Bonchev–Trinajstić information content (AvgIpc) is 2.74. The van der Waals surface area contributed by atoms with Crippen LogP contribution in [-0.2, 0) is 16.0 Å². The molecule has 2 N–H and O–H groups in total. The van der Waals surface area contributed by atoms with Crippen molar-refractivity contribution >= 4 is 18.2 Å². The molecule has 0 heterocycles. The number of carbonyl (C=O) groups is 2. The lowest BCUT2D eigenvalue weighted by Gasteiger charge is -2.16. The first-order valence-corrected chi connectivity index (χ1v) is 9.09. The van der Waals surface area contributed by atoms with Gasteiger partial charge in [0.2, 0.25) is 0 Å². The molecule has 0 saturated heterocycles. The molecule has 2 aromatic carbocycles. The molecule has 0 aliphatic heterocycles. The van der Waals surface area contributed by atoms with E-state index < -0.39 is 18.0 Å². The van der Waals surface area contributed by atoms with Crippen molar-refractivity contribution < 1.29 is 23.8 Å². The fourth-order valence-corrected chi connectivity index (χ4v) is 2.56. The summed E-state index contributed by atoms with van der Waals surface area (Å²) in [5, 5.41) is 6.54. The van der Waals surface area contributed by atoms with Crippen molar-refractivity contribution in [2.45, 2.75) is 19.4 Å². The Kier molecular flexibility index (Phi) is 8.50. The summed E-state index contributed by atoms with van der Waals surface area (Å²) in [4.78, 5) is 24.4. The maximum atomic E-state index is 12.6. The molecular formula is C21H25N3O5. The highest BCUT2D eigenvalue weighted by Crippen LogP contribution is 2.26. The van der Waals surface area contributed by atoms with Crippen molar-refractivity contribution in [2.75, 3.05) is 20.8 Å². The van der Waals surface area contributed by atoms with Gasteiger partial charge in [0.15, 0.2) is 11.5 Å².